The van der Waals surface area contributed by atoms with Crippen molar-refractivity contribution in [1.29, 1.82) is 0 Å². The van der Waals surface area contributed by atoms with Gasteiger partial charge in [-0.05, 0) is 49.4 Å². The maximum Gasteiger partial charge on any atom is 0.229 e. The van der Waals surface area contributed by atoms with E-state index in [1.807, 2.05) is 30.4 Å². The lowest BCUT2D eigenvalue weighted by molar-refractivity contribution is -0.123. The molecule has 2 heterocycles. The molecule has 156 valence electrons. The van der Waals surface area contributed by atoms with E-state index in [1.165, 1.54) is 11.1 Å². The van der Waals surface area contributed by atoms with Gasteiger partial charge in [0.05, 0.1) is 12.0 Å². The molecule has 1 aromatic heterocycles. The maximum atomic E-state index is 12.6. The smallest absolute Gasteiger partial charge is 0.229 e. The molecule has 2 atom stereocenters. The average Bonchev–Trinajstić information content (AvgIpc) is 3.18. The molecular weight excluding hydrogens is 394 g/mol. The first kappa shape index (κ1) is 20.7. The van der Waals surface area contributed by atoms with Crippen LogP contribution in [0.15, 0.2) is 55.0 Å². The third-order valence-corrected chi connectivity index (χ3v) is 6.43. The summed E-state index contributed by atoms with van der Waals surface area (Å²) in [6.45, 7) is 7.67. The molecule has 0 bridgehead atoms. The van der Waals surface area contributed by atoms with Crippen LogP contribution in [0.5, 0.6) is 0 Å². The summed E-state index contributed by atoms with van der Waals surface area (Å²) in [6.07, 6.45) is 5.72. The Morgan fingerprint density at radius 2 is 2.03 bits per heavy atom. The van der Waals surface area contributed by atoms with E-state index < -0.39 is 0 Å². The molecule has 0 saturated carbocycles. The highest BCUT2D eigenvalue weighted by Gasteiger charge is 2.27. The first-order valence-electron chi connectivity index (χ1n) is 10.6. The van der Waals surface area contributed by atoms with Crippen molar-refractivity contribution in [3.8, 4) is 0 Å². The fourth-order valence-corrected chi connectivity index (χ4v) is 4.60. The van der Waals surface area contributed by atoms with Gasteiger partial charge in [-0.1, -0.05) is 48.9 Å². The summed E-state index contributed by atoms with van der Waals surface area (Å²) in [4.78, 5) is 18.9. The number of hydrogen-bond acceptors (Lipinski definition) is 2. The third-order valence-electron chi connectivity index (χ3n) is 5.95. The van der Waals surface area contributed by atoms with E-state index in [0.717, 1.165) is 41.9 Å². The van der Waals surface area contributed by atoms with Crippen LogP contribution in [0.3, 0.4) is 0 Å². The number of halogens is 1. The Morgan fingerprint density at radius 3 is 2.80 bits per heavy atom. The highest BCUT2D eigenvalue weighted by Crippen LogP contribution is 2.31. The Kier molecular flexibility index (Phi) is 5.96. The largest absolute Gasteiger partial charge is 0.328 e. The molecule has 1 fully saturated rings. The number of benzene rings is 2. The Bertz CT molecular complexity index is 1060. The molecule has 3 aromatic rings. The summed E-state index contributed by atoms with van der Waals surface area (Å²) in [7, 11) is 0. The van der Waals surface area contributed by atoms with Crippen LogP contribution in [0.2, 0.25) is 0 Å². The van der Waals surface area contributed by atoms with Crippen molar-refractivity contribution in [2.75, 3.05) is 11.4 Å². The summed E-state index contributed by atoms with van der Waals surface area (Å²) >= 11 is 6.80. The van der Waals surface area contributed by atoms with Crippen molar-refractivity contribution >= 4 is 23.2 Å². The van der Waals surface area contributed by atoms with E-state index in [9.17, 15) is 4.79 Å². The summed E-state index contributed by atoms with van der Waals surface area (Å²) in [5.74, 6) is 0.339. The summed E-state index contributed by atoms with van der Waals surface area (Å²) in [6, 6.07) is 14.6. The van der Waals surface area contributed by atoms with Crippen LogP contribution in [-0.2, 0) is 11.3 Å². The van der Waals surface area contributed by atoms with Crippen molar-refractivity contribution < 1.29 is 4.79 Å². The molecule has 2 aromatic carbocycles. The van der Waals surface area contributed by atoms with Gasteiger partial charge in [-0.3, -0.25) is 4.79 Å². The third kappa shape index (κ3) is 4.15. The number of piperidine rings is 1. The fourth-order valence-electron chi connectivity index (χ4n) is 4.28. The minimum atomic E-state index is -0.250. The van der Waals surface area contributed by atoms with E-state index >= 15 is 0 Å². The fraction of sp³-hybridized carbons (Fsp3) is 0.360. The highest BCUT2D eigenvalue weighted by atomic mass is 35.5. The quantitative estimate of drug-likeness (QED) is 0.500. The molecule has 0 aliphatic carbocycles. The van der Waals surface area contributed by atoms with Crippen molar-refractivity contribution in [2.24, 2.45) is 5.92 Å². The number of carbonyl (C=O) groups is 1. The number of aryl methyl sites for hydroxylation is 2. The second-order valence-corrected chi connectivity index (χ2v) is 8.81. The number of alkyl halides is 1. The maximum absolute atomic E-state index is 12.6. The first-order chi connectivity index (χ1) is 14.4. The van der Waals surface area contributed by atoms with Gasteiger partial charge in [0.2, 0.25) is 5.91 Å². The highest BCUT2D eigenvalue weighted by molar-refractivity contribution is 6.22. The molecule has 4 rings (SSSR count). The Morgan fingerprint density at radius 1 is 1.20 bits per heavy atom. The number of carbonyl (C=O) groups excluding carboxylic acids is 1. The molecule has 0 radical (unpaired) electrons. The van der Waals surface area contributed by atoms with Gasteiger partial charge in [0.1, 0.15) is 5.38 Å². The summed E-state index contributed by atoms with van der Waals surface area (Å²) < 4.78 is 2.10. The Hall–Kier alpha value is -2.59. The van der Waals surface area contributed by atoms with Crippen LogP contribution >= 0.6 is 11.6 Å². The van der Waals surface area contributed by atoms with Crippen LogP contribution in [0.1, 0.15) is 53.1 Å². The second-order valence-electron chi connectivity index (χ2n) is 8.38. The molecule has 0 N–H and O–H groups in total. The predicted octanol–water partition coefficient (Wildman–Crippen LogP) is 5.64. The van der Waals surface area contributed by atoms with Gasteiger partial charge in [-0.25, -0.2) is 4.98 Å². The van der Waals surface area contributed by atoms with Crippen molar-refractivity contribution in [3.63, 3.8) is 0 Å². The van der Waals surface area contributed by atoms with E-state index in [4.69, 9.17) is 11.6 Å². The zero-order valence-corrected chi connectivity index (χ0v) is 18.6. The van der Waals surface area contributed by atoms with Gasteiger partial charge < -0.3 is 9.47 Å². The molecular formula is C25H28ClN3O. The van der Waals surface area contributed by atoms with Crippen molar-refractivity contribution in [2.45, 2.75) is 45.5 Å². The first-order valence-corrected chi connectivity index (χ1v) is 11.0. The SMILES string of the molecule is Cc1cccc(C(Cl)c2cncn2Cc2ccc(N3CCCC(C)C3=O)c(C)c2)c1. The number of anilines is 1. The van der Waals surface area contributed by atoms with Gasteiger partial charge in [0, 0.05) is 30.9 Å². The standard InChI is InChI=1S/C25H28ClN3O/c1-17-6-4-8-21(12-17)24(26)23-14-27-16-28(23)15-20-9-10-22(19(3)13-20)29-11-5-7-18(2)25(29)30/h4,6,8-10,12-14,16,18,24H,5,7,11,15H2,1-3H3. The minimum absolute atomic E-state index is 0.105. The molecule has 1 aliphatic heterocycles. The number of imidazole rings is 1. The normalized spacial score (nSPS) is 17.9. The lowest BCUT2D eigenvalue weighted by Gasteiger charge is -2.32. The van der Waals surface area contributed by atoms with Gasteiger partial charge >= 0.3 is 0 Å². The Balaban J connectivity index is 1.55. The van der Waals surface area contributed by atoms with Gasteiger partial charge in [0.15, 0.2) is 0 Å². The minimum Gasteiger partial charge on any atom is -0.328 e. The zero-order valence-electron chi connectivity index (χ0n) is 17.8. The number of amides is 1. The van der Waals surface area contributed by atoms with Crippen LogP contribution in [0.25, 0.3) is 0 Å². The second kappa shape index (κ2) is 8.65. The molecule has 5 heteroatoms. The Labute approximate surface area is 183 Å². The monoisotopic (exact) mass is 421 g/mol. The number of hydrogen-bond donors (Lipinski definition) is 0. The zero-order chi connectivity index (χ0) is 21.3. The van der Waals surface area contributed by atoms with Crippen LogP contribution in [-0.4, -0.2) is 22.0 Å². The van der Waals surface area contributed by atoms with Crippen molar-refractivity contribution in [3.05, 3.63) is 82.9 Å². The molecule has 0 spiro atoms. The van der Waals surface area contributed by atoms with E-state index in [1.54, 1.807) is 0 Å². The molecule has 1 aliphatic rings. The van der Waals surface area contributed by atoms with Crippen molar-refractivity contribution in [1.82, 2.24) is 9.55 Å². The molecule has 2 unspecified atom stereocenters. The van der Waals surface area contributed by atoms with Crippen LogP contribution in [0, 0.1) is 19.8 Å². The van der Waals surface area contributed by atoms with Gasteiger partial charge in [0.25, 0.3) is 0 Å². The topological polar surface area (TPSA) is 38.1 Å². The number of nitrogens with zero attached hydrogens (tertiary/aromatic N) is 3. The van der Waals surface area contributed by atoms with Gasteiger partial charge in [-0.2, -0.15) is 0 Å². The molecule has 1 saturated heterocycles. The number of aromatic nitrogens is 2. The van der Waals surface area contributed by atoms with Crippen LogP contribution < -0.4 is 4.90 Å². The average molecular weight is 422 g/mol. The van der Waals surface area contributed by atoms with E-state index in [2.05, 4.69) is 59.8 Å². The summed E-state index contributed by atoms with van der Waals surface area (Å²) in [5, 5.41) is -0.250. The van der Waals surface area contributed by atoms with E-state index in [0.29, 0.717) is 6.54 Å². The predicted molar refractivity (Wildman–Crippen MR) is 122 cm³/mol. The molecule has 1 amide bonds. The molecule has 4 nitrogen and oxygen atoms in total. The van der Waals surface area contributed by atoms with Crippen LogP contribution in [0.4, 0.5) is 5.69 Å². The lowest BCUT2D eigenvalue weighted by atomic mass is 9.97. The number of rotatable bonds is 5. The summed E-state index contributed by atoms with van der Waals surface area (Å²) in [5.41, 5.74) is 6.55. The molecule has 30 heavy (non-hydrogen) atoms. The lowest BCUT2D eigenvalue weighted by Crippen LogP contribution is -2.40. The van der Waals surface area contributed by atoms with E-state index in [-0.39, 0.29) is 17.2 Å². The van der Waals surface area contributed by atoms with Gasteiger partial charge in [-0.15, -0.1) is 11.6 Å².